The van der Waals surface area contributed by atoms with Crippen LogP contribution in [0, 0.1) is 10.1 Å². The van der Waals surface area contributed by atoms with Gasteiger partial charge in [0.05, 0.1) is 9.82 Å². The lowest BCUT2D eigenvalue weighted by atomic mass is 9.89. The van der Waals surface area contributed by atoms with Crippen LogP contribution >= 0.6 is 0 Å². The highest BCUT2D eigenvalue weighted by atomic mass is 32.2. The van der Waals surface area contributed by atoms with Crippen molar-refractivity contribution in [2.75, 3.05) is 0 Å². The lowest BCUT2D eigenvalue weighted by Gasteiger charge is -2.35. The average molecular weight is 454 g/mol. The Balaban J connectivity index is 1.52. The summed E-state index contributed by atoms with van der Waals surface area (Å²) in [5.41, 5.74) is 1.05. The lowest BCUT2D eigenvalue weighted by Crippen LogP contribution is -2.52. The Labute approximate surface area is 188 Å². The molecule has 0 bridgehead atoms. The van der Waals surface area contributed by atoms with Crippen molar-refractivity contribution in [2.45, 2.75) is 55.6 Å². The Kier molecular flexibility index (Phi) is 6.55. The zero-order chi connectivity index (χ0) is 22.7. The van der Waals surface area contributed by atoms with Crippen LogP contribution in [0.15, 0.2) is 71.6 Å². The number of fused-ring (bicyclic) bond motifs is 1. The quantitative estimate of drug-likeness (QED) is 0.399. The third-order valence-electron chi connectivity index (χ3n) is 6.18. The van der Waals surface area contributed by atoms with Crippen LogP contribution < -0.4 is 10.0 Å². The summed E-state index contributed by atoms with van der Waals surface area (Å²) in [7, 11) is -3.78. The van der Waals surface area contributed by atoms with Gasteiger partial charge in [-0.2, -0.15) is 0 Å². The molecule has 168 valence electrons. The molecule has 1 aliphatic rings. The number of nitro groups is 1. The molecule has 7 nitrogen and oxygen atoms in total. The molecule has 0 amide bonds. The van der Waals surface area contributed by atoms with Crippen molar-refractivity contribution < 1.29 is 13.3 Å². The van der Waals surface area contributed by atoms with Crippen LogP contribution in [0.3, 0.4) is 0 Å². The van der Waals surface area contributed by atoms with Gasteiger partial charge in [0.2, 0.25) is 10.0 Å². The third-order valence-corrected chi connectivity index (χ3v) is 7.69. The topological polar surface area (TPSA) is 101 Å². The van der Waals surface area contributed by atoms with Gasteiger partial charge < -0.3 is 5.32 Å². The molecule has 32 heavy (non-hydrogen) atoms. The first-order valence-electron chi connectivity index (χ1n) is 10.9. The highest BCUT2D eigenvalue weighted by Gasteiger charge is 2.31. The maximum Gasteiger partial charge on any atom is 0.269 e. The van der Waals surface area contributed by atoms with E-state index in [1.54, 1.807) is 0 Å². The van der Waals surface area contributed by atoms with Crippen LogP contribution in [0.1, 0.15) is 44.2 Å². The molecule has 1 fully saturated rings. The number of rotatable bonds is 7. The van der Waals surface area contributed by atoms with Gasteiger partial charge in [0, 0.05) is 30.3 Å². The standard InChI is InChI=1S/C24H27N3O4S/c1-17(21-10-6-8-18-7-2-3-9-22(18)21)25-23-11-4-5-12-24(23)26-32(30,31)20-15-13-19(14-16-20)27(28)29/h2-3,6-10,13-17,23-26H,4-5,11-12H2,1H3/t17-,23+,24+/m0/s1. The second-order valence-corrected chi connectivity index (χ2v) is 10.0. The fraction of sp³-hybridized carbons (Fsp3) is 0.333. The summed E-state index contributed by atoms with van der Waals surface area (Å²) in [5.74, 6) is 0. The molecule has 0 spiro atoms. The predicted molar refractivity (Wildman–Crippen MR) is 125 cm³/mol. The molecule has 4 rings (SSSR count). The van der Waals surface area contributed by atoms with Crippen LogP contribution in [0.25, 0.3) is 10.8 Å². The maximum absolute atomic E-state index is 12.9. The minimum absolute atomic E-state index is 0.00876. The smallest absolute Gasteiger partial charge is 0.269 e. The summed E-state index contributed by atoms with van der Waals surface area (Å²) in [4.78, 5) is 10.3. The molecule has 2 N–H and O–H groups in total. The van der Waals surface area contributed by atoms with Crippen molar-refractivity contribution >= 4 is 26.5 Å². The van der Waals surface area contributed by atoms with Gasteiger partial charge in [0.1, 0.15) is 0 Å². The molecule has 1 aliphatic carbocycles. The SMILES string of the molecule is C[C@H](N[C@@H]1CCCC[C@H]1NS(=O)(=O)c1ccc([N+](=O)[O-])cc1)c1cccc2ccccc12. The van der Waals surface area contributed by atoms with Gasteiger partial charge in [-0.3, -0.25) is 10.1 Å². The molecule has 0 aromatic heterocycles. The largest absolute Gasteiger partial charge is 0.306 e. The summed E-state index contributed by atoms with van der Waals surface area (Å²) < 4.78 is 28.7. The van der Waals surface area contributed by atoms with Crippen LogP contribution in [0.2, 0.25) is 0 Å². The zero-order valence-corrected chi connectivity index (χ0v) is 18.7. The van der Waals surface area contributed by atoms with Gasteiger partial charge in [0.25, 0.3) is 5.69 Å². The maximum atomic E-state index is 12.9. The van der Waals surface area contributed by atoms with E-state index < -0.39 is 14.9 Å². The second-order valence-electron chi connectivity index (χ2n) is 8.33. The van der Waals surface area contributed by atoms with E-state index in [0.717, 1.165) is 25.7 Å². The van der Waals surface area contributed by atoms with Crippen LogP contribution in [-0.4, -0.2) is 25.4 Å². The molecule has 0 unspecified atom stereocenters. The zero-order valence-electron chi connectivity index (χ0n) is 17.9. The molecule has 0 saturated heterocycles. The normalized spacial score (nSPS) is 20.2. The number of nitro benzene ring substituents is 1. The van der Waals surface area contributed by atoms with Gasteiger partial charge in [-0.25, -0.2) is 13.1 Å². The first-order valence-corrected chi connectivity index (χ1v) is 12.3. The molecule has 0 radical (unpaired) electrons. The minimum Gasteiger partial charge on any atom is -0.306 e. The highest BCUT2D eigenvalue weighted by molar-refractivity contribution is 7.89. The molecular weight excluding hydrogens is 426 g/mol. The summed E-state index contributed by atoms with van der Waals surface area (Å²) in [5, 5.41) is 16.9. The molecule has 3 atom stereocenters. The van der Waals surface area contributed by atoms with E-state index in [0.29, 0.717) is 0 Å². The number of sulfonamides is 1. The molecule has 1 saturated carbocycles. The van der Waals surface area contributed by atoms with E-state index in [4.69, 9.17) is 0 Å². The first-order chi connectivity index (χ1) is 15.3. The number of nitrogens with zero attached hydrogens (tertiary/aromatic N) is 1. The second kappa shape index (κ2) is 9.36. The Morgan fingerprint density at radius 1 is 0.938 bits per heavy atom. The van der Waals surface area contributed by atoms with Gasteiger partial charge >= 0.3 is 0 Å². The number of hydrogen-bond donors (Lipinski definition) is 2. The van der Waals surface area contributed by atoms with E-state index in [-0.39, 0.29) is 28.7 Å². The van der Waals surface area contributed by atoms with E-state index in [1.165, 1.54) is 40.6 Å². The van der Waals surface area contributed by atoms with Crippen LogP contribution in [0.5, 0.6) is 0 Å². The fourth-order valence-corrected chi connectivity index (χ4v) is 5.84. The van der Waals surface area contributed by atoms with Crippen LogP contribution in [0.4, 0.5) is 5.69 Å². The summed E-state index contributed by atoms with van der Waals surface area (Å²) in [6.45, 7) is 2.11. The fourth-order valence-electron chi connectivity index (χ4n) is 4.52. The van der Waals surface area contributed by atoms with Gasteiger partial charge in [-0.15, -0.1) is 0 Å². The summed E-state index contributed by atoms with van der Waals surface area (Å²) in [6.07, 6.45) is 3.61. The summed E-state index contributed by atoms with van der Waals surface area (Å²) >= 11 is 0. The monoisotopic (exact) mass is 453 g/mol. The Hall–Kier alpha value is -2.81. The molecular formula is C24H27N3O4S. The van der Waals surface area contributed by atoms with Crippen molar-refractivity contribution in [3.63, 3.8) is 0 Å². The minimum atomic E-state index is -3.78. The van der Waals surface area contributed by atoms with E-state index in [1.807, 2.05) is 18.2 Å². The van der Waals surface area contributed by atoms with Gasteiger partial charge in [-0.1, -0.05) is 55.3 Å². The number of nitrogens with one attached hydrogen (secondary N) is 2. The van der Waals surface area contributed by atoms with E-state index >= 15 is 0 Å². The molecule has 8 heteroatoms. The number of hydrogen-bond acceptors (Lipinski definition) is 5. The number of benzene rings is 3. The average Bonchev–Trinajstić information content (AvgIpc) is 2.80. The lowest BCUT2D eigenvalue weighted by molar-refractivity contribution is -0.384. The predicted octanol–water partition coefficient (Wildman–Crippen LogP) is 4.69. The molecule has 0 aliphatic heterocycles. The van der Waals surface area contributed by atoms with Gasteiger partial charge in [0.15, 0.2) is 0 Å². The van der Waals surface area contributed by atoms with E-state index in [2.05, 4.69) is 41.2 Å². The van der Waals surface area contributed by atoms with Gasteiger partial charge in [-0.05, 0) is 48.2 Å². The molecule has 0 heterocycles. The van der Waals surface area contributed by atoms with E-state index in [9.17, 15) is 18.5 Å². The van der Waals surface area contributed by atoms with Crippen molar-refractivity contribution in [1.82, 2.24) is 10.0 Å². The highest BCUT2D eigenvalue weighted by Crippen LogP contribution is 2.28. The third kappa shape index (κ3) is 4.82. The van der Waals surface area contributed by atoms with Crippen LogP contribution in [-0.2, 0) is 10.0 Å². The van der Waals surface area contributed by atoms with Crippen molar-refractivity contribution in [3.05, 3.63) is 82.4 Å². The Bertz CT molecular complexity index is 1210. The Morgan fingerprint density at radius 2 is 1.59 bits per heavy atom. The van der Waals surface area contributed by atoms with Crippen molar-refractivity contribution in [1.29, 1.82) is 0 Å². The first kappa shape index (κ1) is 22.4. The molecule has 3 aromatic rings. The van der Waals surface area contributed by atoms with Crippen molar-refractivity contribution in [3.8, 4) is 0 Å². The number of non-ortho nitro benzene ring substituents is 1. The summed E-state index contributed by atoms with van der Waals surface area (Å²) in [6, 6.07) is 19.3. The Morgan fingerprint density at radius 3 is 2.31 bits per heavy atom. The van der Waals surface area contributed by atoms with Crippen molar-refractivity contribution in [2.24, 2.45) is 0 Å². The molecule has 3 aromatic carbocycles.